The molecule has 1 heterocycles. The number of imide groups is 1. The van der Waals surface area contributed by atoms with E-state index >= 15 is 0 Å². The van der Waals surface area contributed by atoms with E-state index in [0.29, 0.717) is 5.56 Å². The van der Waals surface area contributed by atoms with Crippen LogP contribution >= 0.6 is 0 Å². The number of hydrogen-bond acceptors (Lipinski definition) is 3. The van der Waals surface area contributed by atoms with Crippen LogP contribution in [0.5, 0.6) is 0 Å². The average molecular weight is 260 g/mol. The minimum atomic E-state index is -0.181. The standard InChI is InChI=1S/C15H20N2O2/c1-11-3-5-13(6-4-11)15(19)17(12(2)18)14-7-9-16-10-8-14/h3-6,14,16H,7-10H2,1-2H3. The molecule has 0 atom stereocenters. The quantitative estimate of drug-likeness (QED) is 0.881. The van der Waals surface area contributed by atoms with Crippen LogP contribution in [0, 0.1) is 6.92 Å². The molecule has 1 fully saturated rings. The Balaban J connectivity index is 2.20. The molecule has 1 N–H and O–H groups in total. The van der Waals surface area contributed by atoms with Gasteiger partial charge in [0, 0.05) is 18.5 Å². The zero-order chi connectivity index (χ0) is 13.8. The number of carbonyl (C=O) groups excluding carboxylic acids is 2. The number of hydrogen-bond donors (Lipinski definition) is 1. The maximum Gasteiger partial charge on any atom is 0.260 e. The maximum atomic E-state index is 12.5. The number of amides is 2. The highest BCUT2D eigenvalue weighted by Crippen LogP contribution is 2.16. The molecule has 0 bridgehead atoms. The van der Waals surface area contributed by atoms with Gasteiger partial charge in [0.05, 0.1) is 0 Å². The molecule has 1 aromatic carbocycles. The van der Waals surface area contributed by atoms with Crippen LogP contribution in [-0.2, 0) is 4.79 Å². The van der Waals surface area contributed by atoms with E-state index in [-0.39, 0.29) is 17.9 Å². The second kappa shape index (κ2) is 5.97. The molecule has 102 valence electrons. The van der Waals surface area contributed by atoms with Crippen molar-refractivity contribution in [2.75, 3.05) is 13.1 Å². The van der Waals surface area contributed by atoms with Gasteiger partial charge in [-0.2, -0.15) is 0 Å². The lowest BCUT2D eigenvalue weighted by molar-refractivity contribution is -0.128. The average Bonchev–Trinajstić information content (AvgIpc) is 2.40. The number of rotatable bonds is 2. The largest absolute Gasteiger partial charge is 0.317 e. The highest BCUT2D eigenvalue weighted by molar-refractivity contribution is 6.04. The Morgan fingerprint density at radius 1 is 1.16 bits per heavy atom. The Morgan fingerprint density at radius 3 is 2.26 bits per heavy atom. The van der Waals surface area contributed by atoms with E-state index in [1.54, 1.807) is 12.1 Å². The highest BCUT2D eigenvalue weighted by Gasteiger charge is 2.29. The Hall–Kier alpha value is -1.68. The molecule has 0 unspecified atom stereocenters. The maximum absolute atomic E-state index is 12.5. The lowest BCUT2D eigenvalue weighted by Gasteiger charge is -2.32. The van der Waals surface area contributed by atoms with Crippen LogP contribution < -0.4 is 5.32 Å². The molecule has 0 spiro atoms. The fraction of sp³-hybridized carbons (Fsp3) is 0.467. The van der Waals surface area contributed by atoms with Gasteiger partial charge in [0.15, 0.2) is 0 Å². The van der Waals surface area contributed by atoms with Crippen LogP contribution in [0.4, 0.5) is 0 Å². The summed E-state index contributed by atoms with van der Waals surface area (Å²) in [5.74, 6) is -0.350. The van der Waals surface area contributed by atoms with Crippen molar-refractivity contribution in [2.24, 2.45) is 0 Å². The van der Waals surface area contributed by atoms with Crippen LogP contribution in [0.3, 0.4) is 0 Å². The van der Waals surface area contributed by atoms with Gasteiger partial charge in [0.25, 0.3) is 5.91 Å². The van der Waals surface area contributed by atoms with E-state index in [0.717, 1.165) is 31.5 Å². The fourth-order valence-electron chi connectivity index (χ4n) is 2.47. The molecule has 2 rings (SSSR count). The summed E-state index contributed by atoms with van der Waals surface area (Å²) in [4.78, 5) is 25.7. The van der Waals surface area contributed by atoms with E-state index in [1.165, 1.54) is 11.8 Å². The van der Waals surface area contributed by atoms with Gasteiger partial charge in [-0.3, -0.25) is 14.5 Å². The van der Waals surface area contributed by atoms with Gasteiger partial charge in [-0.1, -0.05) is 17.7 Å². The zero-order valence-corrected chi connectivity index (χ0v) is 11.5. The van der Waals surface area contributed by atoms with E-state index in [2.05, 4.69) is 5.32 Å². The third-order valence-corrected chi connectivity index (χ3v) is 3.53. The highest BCUT2D eigenvalue weighted by atomic mass is 16.2. The Morgan fingerprint density at radius 2 is 1.74 bits per heavy atom. The molecule has 4 heteroatoms. The molecule has 1 aliphatic rings. The van der Waals surface area contributed by atoms with Crippen LogP contribution in [0.2, 0.25) is 0 Å². The molecule has 0 radical (unpaired) electrons. The summed E-state index contributed by atoms with van der Waals surface area (Å²) >= 11 is 0. The van der Waals surface area contributed by atoms with E-state index in [1.807, 2.05) is 19.1 Å². The summed E-state index contributed by atoms with van der Waals surface area (Å²) in [7, 11) is 0. The summed E-state index contributed by atoms with van der Waals surface area (Å²) in [6.07, 6.45) is 1.66. The molecule has 0 aliphatic carbocycles. The van der Waals surface area contributed by atoms with E-state index in [4.69, 9.17) is 0 Å². The summed E-state index contributed by atoms with van der Waals surface area (Å²) < 4.78 is 0. The lowest BCUT2D eigenvalue weighted by Crippen LogP contribution is -2.48. The molecule has 0 saturated carbocycles. The second-order valence-electron chi connectivity index (χ2n) is 5.04. The van der Waals surface area contributed by atoms with Crippen molar-refractivity contribution in [3.8, 4) is 0 Å². The summed E-state index contributed by atoms with van der Waals surface area (Å²) in [6.45, 7) is 5.16. The third kappa shape index (κ3) is 3.20. The predicted octanol–water partition coefficient (Wildman–Crippen LogP) is 1.74. The summed E-state index contributed by atoms with van der Waals surface area (Å²) in [6, 6.07) is 7.39. The first kappa shape index (κ1) is 13.7. The van der Waals surface area contributed by atoms with Crippen molar-refractivity contribution < 1.29 is 9.59 Å². The number of piperidine rings is 1. The summed E-state index contributed by atoms with van der Waals surface area (Å²) in [5, 5.41) is 3.25. The predicted molar refractivity (Wildman–Crippen MR) is 73.9 cm³/mol. The molecule has 19 heavy (non-hydrogen) atoms. The first-order chi connectivity index (χ1) is 9.09. The van der Waals surface area contributed by atoms with Gasteiger partial charge in [0.2, 0.25) is 5.91 Å². The van der Waals surface area contributed by atoms with Gasteiger partial charge in [0.1, 0.15) is 0 Å². The molecule has 4 nitrogen and oxygen atoms in total. The van der Waals surface area contributed by atoms with Crippen molar-refractivity contribution in [2.45, 2.75) is 32.7 Å². The van der Waals surface area contributed by atoms with Crippen LogP contribution in [0.1, 0.15) is 35.7 Å². The van der Waals surface area contributed by atoms with Gasteiger partial charge >= 0.3 is 0 Å². The van der Waals surface area contributed by atoms with Gasteiger partial charge in [-0.05, 0) is 45.0 Å². The Labute approximate surface area is 113 Å². The number of benzene rings is 1. The minimum absolute atomic E-state index is 0.0209. The molecule has 0 aromatic heterocycles. The Bertz CT molecular complexity index is 462. The number of aryl methyl sites for hydroxylation is 1. The smallest absolute Gasteiger partial charge is 0.260 e. The third-order valence-electron chi connectivity index (χ3n) is 3.53. The van der Waals surface area contributed by atoms with Crippen LogP contribution in [0.25, 0.3) is 0 Å². The van der Waals surface area contributed by atoms with Crippen molar-refractivity contribution >= 4 is 11.8 Å². The van der Waals surface area contributed by atoms with Gasteiger partial charge in [-0.25, -0.2) is 0 Å². The van der Waals surface area contributed by atoms with Crippen LogP contribution in [-0.4, -0.2) is 35.8 Å². The molecule has 1 saturated heterocycles. The van der Waals surface area contributed by atoms with Crippen molar-refractivity contribution in [3.05, 3.63) is 35.4 Å². The first-order valence-electron chi connectivity index (χ1n) is 6.71. The topological polar surface area (TPSA) is 49.4 Å². The fourth-order valence-corrected chi connectivity index (χ4v) is 2.47. The first-order valence-corrected chi connectivity index (χ1v) is 6.71. The number of nitrogens with zero attached hydrogens (tertiary/aromatic N) is 1. The van der Waals surface area contributed by atoms with Crippen molar-refractivity contribution in [1.82, 2.24) is 10.2 Å². The Kier molecular flexibility index (Phi) is 4.32. The molecular weight excluding hydrogens is 240 g/mol. The van der Waals surface area contributed by atoms with Crippen molar-refractivity contribution in [1.29, 1.82) is 0 Å². The second-order valence-corrected chi connectivity index (χ2v) is 5.04. The van der Waals surface area contributed by atoms with Gasteiger partial charge in [-0.15, -0.1) is 0 Å². The minimum Gasteiger partial charge on any atom is -0.317 e. The molecule has 1 aromatic rings. The van der Waals surface area contributed by atoms with E-state index in [9.17, 15) is 9.59 Å². The molecular formula is C15H20N2O2. The number of carbonyl (C=O) groups is 2. The zero-order valence-electron chi connectivity index (χ0n) is 11.5. The normalized spacial score (nSPS) is 16.1. The monoisotopic (exact) mass is 260 g/mol. The van der Waals surface area contributed by atoms with Crippen molar-refractivity contribution in [3.63, 3.8) is 0 Å². The SMILES string of the molecule is CC(=O)N(C(=O)c1ccc(C)cc1)C1CCNCC1. The van der Waals surface area contributed by atoms with E-state index < -0.39 is 0 Å². The lowest BCUT2D eigenvalue weighted by atomic mass is 10.0. The number of nitrogens with one attached hydrogen (secondary N) is 1. The molecule has 1 aliphatic heterocycles. The molecule has 2 amide bonds. The van der Waals surface area contributed by atoms with Crippen LogP contribution in [0.15, 0.2) is 24.3 Å². The van der Waals surface area contributed by atoms with Gasteiger partial charge < -0.3 is 5.32 Å². The summed E-state index contributed by atoms with van der Waals surface area (Å²) in [5.41, 5.74) is 1.69.